The van der Waals surface area contributed by atoms with Crippen LogP contribution in [0.5, 0.6) is 0 Å². The van der Waals surface area contributed by atoms with Crippen molar-refractivity contribution in [2.24, 2.45) is 0 Å². The summed E-state index contributed by atoms with van der Waals surface area (Å²) in [5.74, 6) is -37.3. The van der Waals surface area contributed by atoms with Gasteiger partial charge in [-0.25, -0.2) is 0 Å². The summed E-state index contributed by atoms with van der Waals surface area (Å²) in [6, 6.07) is 5.38. The summed E-state index contributed by atoms with van der Waals surface area (Å²) in [4.78, 5) is 0. The van der Waals surface area contributed by atoms with Crippen LogP contribution < -0.4 is 0 Å². The molecule has 32 heavy (non-hydrogen) atoms. The van der Waals surface area contributed by atoms with Crippen molar-refractivity contribution in [3.05, 3.63) is 35.4 Å². The minimum atomic E-state index is -7.96. The Labute approximate surface area is 171 Å². The quantitative estimate of drug-likeness (QED) is 0.385. The zero-order valence-corrected chi connectivity index (χ0v) is 15.8. The van der Waals surface area contributed by atoms with Crippen molar-refractivity contribution in [1.82, 2.24) is 0 Å². The number of methoxy groups -OCH3 is 1. The number of halogens is 13. The van der Waals surface area contributed by atoms with Crippen LogP contribution in [-0.4, -0.2) is 42.9 Å². The minimum Gasteiger partial charge on any atom is -0.374 e. The summed E-state index contributed by atoms with van der Waals surface area (Å²) in [5, 5.41) is 8.80. The SMILES string of the molecule is COC(C)(CC(F)(F)C(F)(F)C(F)(F)C(F)(F)C(F)(F)C(F)(F)F)c1cccc(C#N)c1. The predicted molar refractivity (Wildman–Crippen MR) is 80.9 cm³/mol. The average molecular weight is 493 g/mol. The highest BCUT2D eigenvalue weighted by Gasteiger charge is 2.90. The van der Waals surface area contributed by atoms with Crippen molar-refractivity contribution >= 4 is 0 Å². The van der Waals surface area contributed by atoms with Gasteiger partial charge in [0.2, 0.25) is 0 Å². The van der Waals surface area contributed by atoms with Crippen molar-refractivity contribution in [1.29, 1.82) is 5.26 Å². The van der Waals surface area contributed by atoms with Crippen LogP contribution in [0.15, 0.2) is 24.3 Å². The van der Waals surface area contributed by atoms with Gasteiger partial charge in [0.1, 0.15) is 0 Å². The fraction of sp³-hybridized carbons (Fsp3) is 0.588. The molecule has 0 heterocycles. The van der Waals surface area contributed by atoms with E-state index < -0.39 is 53.4 Å². The second-order valence-electron chi connectivity index (χ2n) is 6.80. The van der Waals surface area contributed by atoms with Crippen molar-refractivity contribution in [3.63, 3.8) is 0 Å². The van der Waals surface area contributed by atoms with E-state index in [1.54, 1.807) is 0 Å². The fourth-order valence-corrected chi connectivity index (χ4v) is 2.55. The number of nitriles is 1. The number of hydrogen-bond acceptors (Lipinski definition) is 2. The Morgan fingerprint density at radius 1 is 0.781 bits per heavy atom. The monoisotopic (exact) mass is 493 g/mol. The first-order valence-corrected chi connectivity index (χ1v) is 8.07. The van der Waals surface area contributed by atoms with Crippen molar-refractivity contribution < 1.29 is 61.8 Å². The molecule has 0 spiro atoms. The summed E-state index contributed by atoms with van der Waals surface area (Å²) in [5.41, 5.74) is -3.45. The first kappa shape index (κ1) is 27.8. The highest BCUT2D eigenvalue weighted by Crippen LogP contribution is 2.61. The molecule has 0 amide bonds. The van der Waals surface area contributed by atoms with Crippen LogP contribution in [0.4, 0.5) is 57.1 Å². The van der Waals surface area contributed by atoms with Gasteiger partial charge in [0.15, 0.2) is 0 Å². The third-order valence-electron chi connectivity index (χ3n) is 4.61. The topological polar surface area (TPSA) is 33.0 Å². The van der Waals surface area contributed by atoms with Crippen LogP contribution >= 0.6 is 0 Å². The molecule has 0 aliphatic rings. The number of nitrogens with zero attached hydrogens (tertiary/aromatic N) is 1. The zero-order chi connectivity index (χ0) is 25.6. The Kier molecular flexibility index (Phi) is 6.92. The third-order valence-corrected chi connectivity index (χ3v) is 4.61. The van der Waals surface area contributed by atoms with Crippen LogP contribution in [0.1, 0.15) is 24.5 Å². The summed E-state index contributed by atoms with van der Waals surface area (Å²) < 4.78 is 177. The van der Waals surface area contributed by atoms with Gasteiger partial charge in [-0.15, -0.1) is 0 Å². The number of alkyl halides is 13. The Hall–Kier alpha value is -2.24. The molecule has 1 rings (SSSR count). The molecular weight excluding hydrogens is 481 g/mol. The smallest absolute Gasteiger partial charge is 0.374 e. The lowest BCUT2D eigenvalue weighted by atomic mass is 9.83. The maximum absolute atomic E-state index is 14.2. The predicted octanol–water partition coefficient (Wildman–Crippen LogP) is 6.55. The molecule has 15 heteroatoms. The number of ether oxygens (including phenoxy) is 1. The van der Waals surface area contributed by atoms with Gasteiger partial charge in [-0.05, 0) is 24.6 Å². The summed E-state index contributed by atoms with van der Waals surface area (Å²) >= 11 is 0. The van der Waals surface area contributed by atoms with E-state index in [0.29, 0.717) is 14.0 Å². The molecule has 2 nitrogen and oxygen atoms in total. The Bertz CT molecular complexity index is 872. The zero-order valence-electron chi connectivity index (χ0n) is 15.8. The summed E-state index contributed by atoms with van der Waals surface area (Å²) in [6.45, 7) is 0.591. The van der Waals surface area contributed by atoms with Gasteiger partial charge >= 0.3 is 35.8 Å². The van der Waals surface area contributed by atoms with E-state index in [-0.39, 0.29) is 5.56 Å². The molecule has 0 radical (unpaired) electrons. The lowest BCUT2D eigenvalue weighted by Gasteiger charge is -2.42. The summed E-state index contributed by atoms with van der Waals surface area (Å²) in [6.07, 6.45) is -10.0. The number of hydrogen-bond donors (Lipinski definition) is 0. The van der Waals surface area contributed by atoms with Gasteiger partial charge in [-0.1, -0.05) is 12.1 Å². The molecule has 1 aromatic rings. The van der Waals surface area contributed by atoms with Gasteiger partial charge in [0, 0.05) is 7.11 Å². The Morgan fingerprint density at radius 2 is 1.25 bits per heavy atom. The normalized spacial score (nSPS) is 16.4. The lowest BCUT2D eigenvalue weighted by molar-refractivity contribution is -0.441. The molecule has 0 saturated carbocycles. The van der Waals surface area contributed by atoms with Crippen molar-refractivity contribution in [3.8, 4) is 6.07 Å². The largest absolute Gasteiger partial charge is 0.460 e. The molecule has 1 atom stereocenters. The van der Waals surface area contributed by atoms with E-state index in [0.717, 1.165) is 24.3 Å². The third kappa shape index (κ3) is 4.08. The van der Waals surface area contributed by atoms with Crippen molar-refractivity contribution in [2.75, 3.05) is 7.11 Å². The van der Waals surface area contributed by atoms with E-state index in [4.69, 9.17) is 5.26 Å². The maximum Gasteiger partial charge on any atom is 0.460 e. The molecule has 0 aromatic heterocycles. The lowest BCUT2D eigenvalue weighted by Crippen LogP contribution is -2.70. The Morgan fingerprint density at radius 3 is 1.66 bits per heavy atom. The standard InChI is InChI=1S/C17H12F13NO/c1-11(32-2,10-5-3-4-9(6-10)7-31)8-12(18,19)13(20,21)14(22,23)15(24,25)16(26,27)17(28,29)30/h3-6H,8H2,1-2H3. The van der Waals surface area contributed by atoms with Gasteiger partial charge in [-0.3, -0.25) is 0 Å². The van der Waals surface area contributed by atoms with Gasteiger partial charge in [0.05, 0.1) is 23.7 Å². The first-order valence-electron chi connectivity index (χ1n) is 8.07. The van der Waals surface area contributed by atoms with Crippen LogP contribution in [0.3, 0.4) is 0 Å². The highest BCUT2D eigenvalue weighted by molar-refractivity contribution is 5.35. The fourth-order valence-electron chi connectivity index (χ4n) is 2.55. The molecule has 1 unspecified atom stereocenters. The second kappa shape index (κ2) is 7.96. The number of benzene rings is 1. The minimum absolute atomic E-state index is 0.248. The highest BCUT2D eigenvalue weighted by atomic mass is 19.4. The van der Waals surface area contributed by atoms with Gasteiger partial charge < -0.3 is 4.74 Å². The van der Waals surface area contributed by atoms with Gasteiger partial charge in [-0.2, -0.15) is 62.3 Å². The molecular formula is C17H12F13NO. The number of rotatable bonds is 8. The van der Waals surface area contributed by atoms with Crippen LogP contribution in [0.25, 0.3) is 0 Å². The van der Waals surface area contributed by atoms with E-state index in [1.807, 2.05) is 0 Å². The molecule has 0 N–H and O–H groups in total. The molecule has 0 bridgehead atoms. The van der Waals surface area contributed by atoms with Crippen LogP contribution in [-0.2, 0) is 10.3 Å². The Balaban J connectivity index is 3.54. The molecule has 0 fully saturated rings. The van der Waals surface area contributed by atoms with E-state index in [1.165, 1.54) is 6.07 Å². The maximum atomic E-state index is 14.2. The molecule has 0 saturated heterocycles. The molecule has 182 valence electrons. The second-order valence-corrected chi connectivity index (χ2v) is 6.80. The van der Waals surface area contributed by atoms with Crippen LogP contribution in [0.2, 0.25) is 0 Å². The first-order chi connectivity index (χ1) is 14.1. The summed E-state index contributed by atoms with van der Waals surface area (Å²) in [7, 11) is 0.609. The molecule has 0 aliphatic heterocycles. The van der Waals surface area contributed by atoms with E-state index >= 15 is 0 Å². The molecule has 1 aromatic carbocycles. The van der Waals surface area contributed by atoms with Gasteiger partial charge in [0.25, 0.3) is 0 Å². The van der Waals surface area contributed by atoms with E-state index in [2.05, 4.69) is 4.74 Å². The van der Waals surface area contributed by atoms with Crippen molar-refractivity contribution in [2.45, 2.75) is 54.7 Å². The average Bonchev–Trinajstić information content (AvgIpc) is 2.66. The van der Waals surface area contributed by atoms with E-state index in [9.17, 15) is 57.1 Å². The van der Waals surface area contributed by atoms with Crippen LogP contribution in [0, 0.1) is 11.3 Å². The molecule has 0 aliphatic carbocycles.